The van der Waals surface area contributed by atoms with Crippen LogP contribution in [0.3, 0.4) is 0 Å². The minimum absolute atomic E-state index is 0.193. The second-order valence-corrected chi connectivity index (χ2v) is 5.69. The molecule has 0 aromatic heterocycles. The zero-order chi connectivity index (χ0) is 16.1. The Kier molecular flexibility index (Phi) is 5.31. The van der Waals surface area contributed by atoms with Crippen molar-refractivity contribution >= 4 is 12.0 Å². The van der Waals surface area contributed by atoms with Crippen molar-refractivity contribution in [2.45, 2.75) is 27.2 Å². The highest BCUT2D eigenvalue weighted by Gasteiger charge is 2.05. The topological polar surface area (TPSA) is 15.6 Å². The summed E-state index contributed by atoms with van der Waals surface area (Å²) in [7, 11) is 2.01. The van der Waals surface area contributed by atoms with Gasteiger partial charge < -0.3 is 4.90 Å². The van der Waals surface area contributed by atoms with Gasteiger partial charge in [0.15, 0.2) is 0 Å². The highest BCUT2D eigenvalue weighted by Crippen LogP contribution is 2.25. The van der Waals surface area contributed by atoms with Crippen LogP contribution < -0.4 is 0 Å². The van der Waals surface area contributed by atoms with Crippen molar-refractivity contribution in [2.24, 2.45) is 4.99 Å². The summed E-state index contributed by atoms with van der Waals surface area (Å²) in [5.41, 5.74) is 5.74. The van der Waals surface area contributed by atoms with E-state index in [4.69, 9.17) is 0 Å². The van der Waals surface area contributed by atoms with Gasteiger partial charge in [0, 0.05) is 13.6 Å². The fourth-order valence-electron chi connectivity index (χ4n) is 2.25. The van der Waals surface area contributed by atoms with E-state index < -0.39 is 0 Å². The Bertz CT molecular complexity index is 660. The largest absolute Gasteiger partial charge is 0.366 e. The number of hydrogen-bond donors (Lipinski definition) is 0. The van der Waals surface area contributed by atoms with Crippen LogP contribution >= 0.6 is 0 Å². The first-order chi connectivity index (χ1) is 10.5. The van der Waals surface area contributed by atoms with E-state index in [0.717, 1.165) is 29.8 Å². The molecule has 116 valence electrons. The summed E-state index contributed by atoms with van der Waals surface area (Å²) in [4.78, 5) is 6.59. The molecule has 2 aromatic rings. The zero-order valence-corrected chi connectivity index (χ0v) is 13.7. The highest BCUT2D eigenvalue weighted by atomic mass is 19.1. The van der Waals surface area contributed by atoms with Gasteiger partial charge in [0.2, 0.25) is 0 Å². The van der Waals surface area contributed by atoms with Gasteiger partial charge >= 0.3 is 0 Å². The Morgan fingerprint density at radius 2 is 1.77 bits per heavy atom. The Morgan fingerprint density at radius 1 is 1.09 bits per heavy atom. The molecule has 0 spiro atoms. The van der Waals surface area contributed by atoms with Gasteiger partial charge in [0.25, 0.3) is 0 Å². The molecule has 0 fully saturated rings. The molecule has 0 amide bonds. The van der Waals surface area contributed by atoms with Crippen LogP contribution in [0, 0.1) is 19.7 Å². The maximum atomic E-state index is 13.0. The Morgan fingerprint density at radius 3 is 2.41 bits per heavy atom. The summed E-state index contributed by atoms with van der Waals surface area (Å²) >= 11 is 0. The maximum absolute atomic E-state index is 13.0. The highest BCUT2D eigenvalue weighted by molar-refractivity contribution is 5.64. The smallest absolute Gasteiger partial charge is 0.123 e. The molecule has 0 bridgehead atoms. The van der Waals surface area contributed by atoms with Crippen LogP contribution in [0.2, 0.25) is 0 Å². The third kappa shape index (κ3) is 4.17. The number of rotatable bonds is 5. The van der Waals surface area contributed by atoms with Gasteiger partial charge in [-0.3, -0.25) is 0 Å². The van der Waals surface area contributed by atoms with Crippen LogP contribution in [0.5, 0.6) is 0 Å². The number of halogens is 1. The molecule has 2 rings (SSSR count). The van der Waals surface area contributed by atoms with Crippen LogP contribution in [-0.2, 0) is 6.42 Å². The second-order valence-electron chi connectivity index (χ2n) is 5.69. The molecule has 0 saturated heterocycles. The normalized spacial score (nSPS) is 11.1. The van der Waals surface area contributed by atoms with E-state index in [1.165, 1.54) is 23.3 Å². The summed E-state index contributed by atoms with van der Waals surface area (Å²) in [6.45, 7) is 7.20. The summed E-state index contributed by atoms with van der Waals surface area (Å²) in [5.74, 6) is -0.193. The van der Waals surface area contributed by atoms with Crippen molar-refractivity contribution in [3.05, 3.63) is 64.5 Å². The van der Waals surface area contributed by atoms with Crippen LogP contribution in [0.4, 0.5) is 10.1 Å². The van der Waals surface area contributed by atoms with Crippen LogP contribution in [0.1, 0.15) is 29.2 Å². The van der Waals surface area contributed by atoms with Gasteiger partial charge in [0.05, 0.1) is 12.0 Å². The molecule has 0 N–H and O–H groups in total. The first kappa shape index (κ1) is 16.2. The van der Waals surface area contributed by atoms with E-state index >= 15 is 0 Å². The summed E-state index contributed by atoms with van der Waals surface area (Å²) in [6, 6.07) is 11.0. The molecule has 2 nitrogen and oxygen atoms in total. The number of aryl methyl sites for hydroxylation is 2. The molecule has 3 heteroatoms. The third-order valence-electron chi connectivity index (χ3n) is 3.86. The molecule has 22 heavy (non-hydrogen) atoms. The van der Waals surface area contributed by atoms with Crippen LogP contribution in [0.25, 0.3) is 0 Å². The van der Waals surface area contributed by atoms with Gasteiger partial charge in [-0.25, -0.2) is 9.38 Å². The van der Waals surface area contributed by atoms with Crippen LogP contribution in [-0.4, -0.2) is 24.8 Å². The van der Waals surface area contributed by atoms with Crippen molar-refractivity contribution in [2.75, 3.05) is 13.6 Å². The van der Waals surface area contributed by atoms with Crippen molar-refractivity contribution < 1.29 is 4.39 Å². The van der Waals surface area contributed by atoms with E-state index in [0.29, 0.717) is 0 Å². The number of hydrogen-bond acceptors (Lipinski definition) is 1. The lowest BCUT2D eigenvalue weighted by Gasteiger charge is -2.12. The second kappa shape index (κ2) is 7.21. The van der Waals surface area contributed by atoms with Gasteiger partial charge in [-0.05, 0) is 67.6 Å². The van der Waals surface area contributed by atoms with Crippen molar-refractivity contribution in [1.29, 1.82) is 0 Å². The average molecular weight is 298 g/mol. The maximum Gasteiger partial charge on any atom is 0.123 e. The standard InChI is InChI=1S/C19H23FN2/c1-5-22(4)13-21-19-11-14(2)17(10-15(19)3)12-16-6-8-18(20)9-7-16/h6-11,13H,5,12H2,1-4H3. The van der Waals surface area contributed by atoms with E-state index in [1.54, 1.807) is 0 Å². The molecule has 0 aliphatic rings. The summed E-state index contributed by atoms with van der Waals surface area (Å²) in [6.07, 6.45) is 2.67. The minimum Gasteiger partial charge on any atom is -0.366 e. The molecule has 0 heterocycles. The number of nitrogens with zero attached hydrogens (tertiary/aromatic N) is 2. The predicted octanol–water partition coefficient (Wildman–Crippen LogP) is 4.64. The SMILES string of the molecule is CCN(C)C=Nc1cc(C)c(Cc2ccc(F)cc2)cc1C. The lowest BCUT2D eigenvalue weighted by Crippen LogP contribution is -2.14. The van der Waals surface area contributed by atoms with Crippen LogP contribution in [0.15, 0.2) is 41.4 Å². The van der Waals surface area contributed by atoms with E-state index in [9.17, 15) is 4.39 Å². The fraction of sp³-hybridized carbons (Fsp3) is 0.316. The number of benzene rings is 2. The lowest BCUT2D eigenvalue weighted by molar-refractivity contribution is 0.552. The molecular formula is C19H23FN2. The van der Waals surface area contributed by atoms with E-state index in [2.05, 4.69) is 37.9 Å². The lowest BCUT2D eigenvalue weighted by atomic mass is 9.97. The molecule has 0 saturated carbocycles. The molecular weight excluding hydrogens is 275 g/mol. The van der Waals surface area contributed by atoms with Crippen molar-refractivity contribution in [3.63, 3.8) is 0 Å². The number of aliphatic imine (C=N–C) groups is 1. The summed E-state index contributed by atoms with van der Waals surface area (Å²) in [5, 5.41) is 0. The monoisotopic (exact) mass is 298 g/mol. The summed E-state index contributed by atoms with van der Waals surface area (Å²) < 4.78 is 13.0. The Labute approximate surface area is 132 Å². The quantitative estimate of drug-likeness (QED) is 0.580. The van der Waals surface area contributed by atoms with E-state index in [-0.39, 0.29) is 5.82 Å². The third-order valence-corrected chi connectivity index (χ3v) is 3.86. The van der Waals surface area contributed by atoms with Gasteiger partial charge in [-0.2, -0.15) is 0 Å². The first-order valence-corrected chi connectivity index (χ1v) is 7.58. The molecule has 0 aliphatic carbocycles. The average Bonchev–Trinajstić information content (AvgIpc) is 2.51. The van der Waals surface area contributed by atoms with Gasteiger partial charge in [-0.15, -0.1) is 0 Å². The predicted molar refractivity (Wildman–Crippen MR) is 91.6 cm³/mol. The molecule has 0 radical (unpaired) electrons. The fourth-order valence-corrected chi connectivity index (χ4v) is 2.25. The molecule has 0 aliphatic heterocycles. The minimum atomic E-state index is -0.193. The van der Waals surface area contributed by atoms with E-state index in [1.807, 2.05) is 30.4 Å². The Hall–Kier alpha value is -2.16. The zero-order valence-electron chi connectivity index (χ0n) is 13.7. The van der Waals surface area contributed by atoms with Gasteiger partial charge in [-0.1, -0.05) is 18.2 Å². The van der Waals surface area contributed by atoms with Gasteiger partial charge in [0.1, 0.15) is 5.82 Å². The molecule has 0 unspecified atom stereocenters. The van der Waals surface area contributed by atoms with Crippen molar-refractivity contribution in [1.82, 2.24) is 4.90 Å². The molecule has 2 aromatic carbocycles. The van der Waals surface area contributed by atoms with Crippen molar-refractivity contribution in [3.8, 4) is 0 Å². The molecule has 0 atom stereocenters. The first-order valence-electron chi connectivity index (χ1n) is 7.58. The Balaban J connectivity index is 2.22.